The first-order chi connectivity index (χ1) is 25.8. The Balaban J connectivity index is 0.751. The quantitative estimate of drug-likeness (QED) is 0.276. The first-order valence-corrected chi connectivity index (χ1v) is 19.7. The number of benzene rings is 3. The van der Waals surface area contributed by atoms with E-state index in [1.54, 1.807) is 18.2 Å². The fraction of sp³-hybridized carbons (Fsp3) is 0.476. The van der Waals surface area contributed by atoms with Crippen LogP contribution in [0.4, 0.5) is 15.3 Å². The molecule has 1 saturated carbocycles. The third kappa shape index (κ3) is 7.40. The summed E-state index contributed by atoms with van der Waals surface area (Å²) in [6.45, 7) is 6.28. The topological polar surface area (TPSA) is 103 Å². The van der Waals surface area contributed by atoms with Crippen molar-refractivity contribution in [2.24, 2.45) is 11.3 Å². The number of piperidine rings is 1. The minimum atomic E-state index is -0.517. The van der Waals surface area contributed by atoms with Gasteiger partial charge < -0.3 is 14.5 Å². The number of likely N-dealkylation sites (tertiary alicyclic amines) is 1. The average molecular weight is 738 g/mol. The normalized spacial score (nSPS) is 20.7. The summed E-state index contributed by atoms with van der Waals surface area (Å²) in [7, 11) is 0. The number of anilines is 1. The highest BCUT2D eigenvalue weighted by molar-refractivity contribution is 6.34. The number of hydrogen-bond acceptors (Lipinski definition) is 6. The standard InChI is InChI=1S/C42H48ClN5O5/c43-36-10-9-30(27-37(36)48-20-14-38(49)44-40(48)51)39(50)46-21-17-42(18-22-46)15-11-29(12-16-42)13-19-45-23-25-47(26-24-45)41(52)53-28-35-33-7-3-1-5-31(33)32-6-2-4-8-34(32)35/h1-10,27,29,35H,11-26,28H2,(H,44,49,51). The van der Waals surface area contributed by atoms with Crippen LogP contribution >= 0.6 is 11.6 Å². The van der Waals surface area contributed by atoms with Crippen molar-refractivity contribution < 1.29 is 23.9 Å². The van der Waals surface area contributed by atoms with Gasteiger partial charge in [0.2, 0.25) is 5.91 Å². The molecule has 2 aliphatic carbocycles. The molecule has 3 aromatic rings. The SMILES string of the molecule is O=C1CCN(c2cc(C(=O)N3CCC4(CCC(CCN5CCN(C(=O)OCC6c7ccccc7-c7ccccc76)CC5)CC4)CC3)ccc2Cl)C(=O)N1. The van der Waals surface area contributed by atoms with Gasteiger partial charge in [0.15, 0.2) is 0 Å². The number of halogens is 1. The summed E-state index contributed by atoms with van der Waals surface area (Å²) in [5, 5.41) is 2.69. The first-order valence-electron chi connectivity index (χ1n) is 19.3. The second-order valence-electron chi connectivity index (χ2n) is 15.6. The van der Waals surface area contributed by atoms with Crippen LogP contribution in [0.15, 0.2) is 66.7 Å². The highest BCUT2D eigenvalue weighted by Crippen LogP contribution is 2.47. The highest BCUT2D eigenvalue weighted by Gasteiger charge is 2.39. The Kier molecular flexibility index (Phi) is 10.2. The molecular formula is C42H48ClN5O5. The molecule has 3 aromatic carbocycles. The van der Waals surface area contributed by atoms with E-state index in [2.05, 4.69) is 58.7 Å². The van der Waals surface area contributed by atoms with Crippen LogP contribution in [0.3, 0.4) is 0 Å². The molecule has 1 N–H and O–H groups in total. The van der Waals surface area contributed by atoms with E-state index in [0.717, 1.165) is 51.5 Å². The molecule has 0 radical (unpaired) electrons. The zero-order valence-electron chi connectivity index (χ0n) is 30.2. The molecule has 10 nitrogen and oxygen atoms in total. The zero-order chi connectivity index (χ0) is 36.5. The smallest absolute Gasteiger partial charge is 0.409 e. The number of piperazine rings is 1. The molecule has 3 aliphatic heterocycles. The molecule has 0 bridgehead atoms. The summed E-state index contributed by atoms with van der Waals surface area (Å²) < 4.78 is 5.92. The molecule has 11 heteroatoms. The third-order valence-corrected chi connectivity index (χ3v) is 13.0. The van der Waals surface area contributed by atoms with Crippen LogP contribution < -0.4 is 10.2 Å². The number of rotatable bonds is 7. The van der Waals surface area contributed by atoms with Crippen molar-refractivity contribution in [1.29, 1.82) is 0 Å². The molecule has 3 saturated heterocycles. The van der Waals surface area contributed by atoms with Gasteiger partial charge in [0.1, 0.15) is 6.61 Å². The first kappa shape index (κ1) is 35.6. The van der Waals surface area contributed by atoms with Gasteiger partial charge in [-0.1, -0.05) is 60.1 Å². The van der Waals surface area contributed by atoms with Crippen LogP contribution in [0.5, 0.6) is 0 Å². The van der Waals surface area contributed by atoms with E-state index in [1.807, 2.05) is 9.80 Å². The molecule has 3 heterocycles. The van der Waals surface area contributed by atoms with Crippen LogP contribution in [0.2, 0.25) is 5.02 Å². The van der Waals surface area contributed by atoms with Crippen LogP contribution in [0.1, 0.15) is 78.8 Å². The number of amides is 5. The Bertz CT molecular complexity index is 1830. The van der Waals surface area contributed by atoms with Gasteiger partial charge in [0.25, 0.3) is 5.91 Å². The summed E-state index contributed by atoms with van der Waals surface area (Å²) in [5.74, 6) is 0.440. The number of nitrogens with one attached hydrogen (secondary N) is 1. The average Bonchev–Trinajstić information content (AvgIpc) is 3.51. The van der Waals surface area contributed by atoms with Crippen molar-refractivity contribution in [3.8, 4) is 11.1 Å². The Morgan fingerprint density at radius 3 is 2.11 bits per heavy atom. The van der Waals surface area contributed by atoms with Crippen molar-refractivity contribution in [3.63, 3.8) is 0 Å². The maximum absolute atomic E-state index is 13.5. The molecule has 5 aliphatic rings. The second-order valence-corrected chi connectivity index (χ2v) is 16.0. The van der Waals surface area contributed by atoms with E-state index in [9.17, 15) is 19.2 Å². The molecule has 278 valence electrons. The van der Waals surface area contributed by atoms with Gasteiger partial charge in [0.05, 0.1) is 10.7 Å². The van der Waals surface area contributed by atoms with Gasteiger partial charge in [-0.3, -0.25) is 24.7 Å². The van der Waals surface area contributed by atoms with E-state index in [1.165, 1.54) is 59.3 Å². The number of urea groups is 1. The summed E-state index contributed by atoms with van der Waals surface area (Å²) >= 11 is 6.41. The zero-order valence-corrected chi connectivity index (χ0v) is 31.0. The molecule has 0 aromatic heterocycles. The monoisotopic (exact) mass is 737 g/mol. The maximum atomic E-state index is 13.5. The van der Waals surface area contributed by atoms with Crippen LogP contribution in [0.25, 0.3) is 11.1 Å². The Labute approximate surface area is 316 Å². The van der Waals surface area contributed by atoms with E-state index >= 15 is 0 Å². The minimum Gasteiger partial charge on any atom is -0.448 e. The molecule has 0 atom stereocenters. The van der Waals surface area contributed by atoms with E-state index in [4.69, 9.17) is 16.3 Å². The third-order valence-electron chi connectivity index (χ3n) is 12.6. The maximum Gasteiger partial charge on any atom is 0.409 e. The Morgan fingerprint density at radius 1 is 0.792 bits per heavy atom. The minimum absolute atomic E-state index is 0.0429. The number of fused-ring (bicyclic) bond motifs is 3. The number of nitrogens with zero attached hydrogens (tertiary/aromatic N) is 4. The lowest BCUT2D eigenvalue weighted by Crippen LogP contribution is -2.49. The molecule has 0 unspecified atom stereocenters. The fourth-order valence-electron chi connectivity index (χ4n) is 9.30. The van der Waals surface area contributed by atoms with Crippen molar-refractivity contribution in [2.75, 3.05) is 63.9 Å². The van der Waals surface area contributed by atoms with E-state index in [-0.39, 0.29) is 36.8 Å². The molecule has 4 fully saturated rings. The summed E-state index contributed by atoms with van der Waals surface area (Å²) in [5.41, 5.74) is 6.21. The van der Waals surface area contributed by atoms with Gasteiger partial charge in [-0.15, -0.1) is 0 Å². The lowest BCUT2D eigenvalue weighted by atomic mass is 9.65. The van der Waals surface area contributed by atoms with E-state index < -0.39 is 6.03 Å². The predicted octanol–water partition coefficient (Wildman–Crippen LogP) is 7.16. The highest BCUT2D eigenvalue weighted by atomic mass is 35.5. The van der Waals surface area contributed by atoms with Crippen molar-refractivity contribution in [2.45, 2.75) is 57.3 Å². The number of ether oxygens (including phenoxy) is 1. The molecule has 53 heavy (non-hydrogen) atoms. The fourth-order valence-corrected chi connectivity index (χ4v) is 9.52. The lowest BCUT2D eigenvalue weighted by Gasteiger charge is -2.46. The number of imide groups is 1. The Morgan fingerprint density at radius 2 is 1.45 bits per heavy atom. The number of hydrogen-bond donors (Lipinski definition) is 1. The van der Waals surface area contributed by atoms with Crippen molar-refractivity contribution >= 4 is 41.2 Å². The summed E-state index contributed by atoms with van der Waals surface area (Å²) in [6.07, 6.45) is 8.09. The number of carbonyl (C=O) groups excluding carboxylic acids is 4. The second kappa shape index (κ2) is 15.1. The van der Waals surface area contributed by atoms with Gasteiger partial charge in [0, 0.05) is 63.7 Å². The predicted molar refractivity (Wildman–Crippen MR) is 204 cm³/mol. The van der Waals surface area contributed by atoms with Gasteiger partial charge in [-0.05, 0) is 103 Å². The van der Waals surface area contributed by atoms with Gasteiger partial charge >= 0.3 is 12.1 Å². The molecule has 8 rings (SSSR count). The Hall–Kier alpha value is -4.41. The van der Waals surface area contributed by atoms with Crippen LogP contribution in [-0.4, -0.2) is 97.6 Å². The molecule has 1 spiro atoms. The van der Waals surface area contributed by atoms with Crippen LogP contribution in [0, 0.1) is 11.3 Å². The van der Waals surface area contributed by atoms with E-state index in [0.29, 0.717) is 41.4 Å². The van der Waals surface area contributed by atoms with Crippen molar-refractivity contribution in [1.82, 2.24) is 20.0 Å². The molecular weight excluding hydrogens is 690 g/mol. The molecule has 5 amide bonds. The number of carbonyl (C=O) groups is 4. The van der Waals surface area contributed by atoms with Crippen molar-refractivity contribution in [3.05, 3.63) is 88.4 Å². The lowest BCUT2D eigenvalue weighted by molar-refractivity contribution is -0.120. The summed E-state index contributed by atoms with van der Waals surface area (Å²) in [6, 6.07) is 21.4. The summed E-state index contributed by atoms with van der Waals surface area (Å²) in [4.78, 5) is 58.4. The van der Waals surface area contributed by atoms with Gasteiger partial charge in [-0.25, -0.2) is 9.59 Å². The van der Waals surface area contributed by atoms with Crippen LogP contribution in [-0.2, 0) is 9.53 Å². The largest absolute Gasteiger partial charge is 0.448 e. The van der Waals surface area contributed by atoms with Gasteiger partial charge in [-0.2, -0.15) is 0 Å².